The first-order valence-corrected chi connectivity index (χ1v) is 7.42. The summed E-state index contributed by atoms with van der Waals surface area (Å²) in [5.41, 5.74) is 2.29. The predicted octanol–water partition coefficient (Wildman–Crippen LogP) is 5.44. The highest BCUT2D eigenvalue weighted by Crippen LogP contribution is 2.37. The van der Waals surface area contributed by atoms with Crippen LogP contribution in [0.3, 0.4) is 0 Å². The van der Waals surface area contributed by atoms with E-state index in [0.717, 1.165) is 5.56 Å². The number of nitrogens with one attached hydrogen (secondary N) is 1. The van der Waals surface area contributed by atoms with Crippen molar-refractivity contribution in [3.8, 4) is 0 Å². The number of nitro benzene ring substituents is 1. The largest absolute Gasteiger partial charge is 0.378 e. The van der Waals surface area contributed by atoms with Crippen molar-refractivity contribution in [3.05, 3.63) is 54.2 Å². The Morgan fingerprint density at radius 3 is 2.65 bits per heavy atom. The summed E-state index contributed by atoms with van der Waals surface area (Å²) < 4.78 is 1.24. The van der Waals surface area contributed by atoms with Crippen LogP contribution in [0.4, 0.5) is 11.4 Å². The van der Waals surface area contributed by atoms with Crippen molar-refractivity contribution in [2.75, 3.05) is 5.32 Å². The number of rotatable bonds is 4. The topological polar surface area (TPSA) is 55.2 Å². The van der Waals surface area contributed by atoms with E-state index in [1.807, 2.05) is 6.92 Å². The molecule has 0 aliphatic heterocycles. The standard InChI is InChI=1S/C13H12Cl2N2O2S/c1-7-10(4-3-5-11(7)17(18)19)16-8(2)9-6-12(14)20-13(9)15/h3-6,8,16H,1-2H3. The third-order valence-electron chi connectivity index (χ3n) is 3.02. The van der Waals surface area contributed by atoms with E-state index < -0.39 is 0 Å². The van der Waals surface area contributed by atoms with Gasteiger partial charge in [-0.05, 0) is 26.0 Å². The van der Waals surface area contributed by atoms with Crippen molar-refractivity contribution in [2.24, 2.45) is 0 Å². The predicted molar refractivity (Wildman–Crippen MR) is 84.2 cm³/mol. The van der Waals surface area contributed by atoms with Gasteiger partial charge in [0.15, 0.2) is 0 Å². The highest BCUT2D eigenvalue weighted by molar-refractivity contribution is 7.20. The molecule has 0 fully saturated rings. The molecule has 0 aliphatic rings. The minimum absolute atomic E-state index is 0.0908. The van der Waals surface area contributed by atoms with Gasteiger partial charge in [-0.25, -0.2) is 0 Å². The lowest BCUT2D eigenvalue weighted by Crippen LogP contribution is -2.08. The van der Waals surface area contributed by atoms with Gasteiger partial charge in [-0.1, -0.05) is 29.3 Å². The zero-order chi connectivity index (χ0) is 14.9. The van der Waals surface area contributed by atoms with Crippen molar-refractivity contribution in [2.45, 2.75) is 19.9 Å². The van der Waals surface area contributed by atoms with Crippen molar-refractivity contribution in [3.63, 3.8) is 0 Å². The van der Waals surface area contributed by atoms with Gasteiger partial charge in [-0.2, -0.15) is 0 Å². The van der Waals surface area contributed by atoms with Crippen LogP contribution in [-0.2, 0) is 0 Å². The molecule has 4 nitrogen and oxygen atoms in total. The van der Waals surface area contributed by atoms with E-state index in [2.05, 4.69) is 5.32 Å². The van der Waals surface area contributed by atoms with E-state index >= 15 is 0 Å². The summed E-state index contributed by atoms with van der Waals surface area (Å²) in [6, 6.07) is 6.66. The van der Waals surface area contributed by atoms with Crippen LogP contribution in [0.15, 0.2) is 24.3 Å². The monoisotopic (exact) mass is 330 g/mol. The summed E-state index contributed by atoms with van der Waals surface area (Å²) in [6.45, 7) is 3.65. The van der Waals surface area contributed by atoms with Crippen LogP contribution >= 0.6 is 34.5 Å². The summed E-state index contributed by atoms with van der Waals surface area (Å²) in [5.74, 6) is 0. The van der Waals surface area contributed by atoms with E-state index in [-0.39, 0.29) is 16.7 Å². The van der Waals surface area contributed by atoms with Gasteiger partial charge in [-0.3, -0.25) is 10.1 Å². The Labute approximate surface area is 130 Å². The van der Waals surface area contributed by atoms with E-state index in [1.165, 1.54) is 17.4 Å². The van der Waals surface area contributed by atoms with E-state index in [0.29, 0.717) is 19.9 Å². The quantitative estimate of drug-likeness (QED) is 0.599. The zero-order valence-electron chi connectivity index (χ0n) is 10.8. The third-order valence-corrected chi connectivity index (χ3v) is 4.54. The van der Waals surface area contributed by atoms with Gasteiger partial charge in [0, 0.05) is 22.9 Å². The van der Waals surface area contributed by atoms with Crippen LogP contribution < -0.4 is 5.32 Å². The van der Waals surface area contributed by atoms with Crippen molar-refractivity contribution >= 4 is 45.9 Å². The smallest absolute Gasteiger partial charge is 0.274 e. The Kier molecular flexibility index (Phi) is 4.52. The maximum atomic E-state index is 10.9. The molecular formula is C13H12Cl2N2O2S. The van der Waals surface area contributed by atoms with Gasteiger partial charge in [0.05, 0.1) is 19.6 Å². The van der Waals surface area contributed by atoms with Gasteiger partial charge < -0.3 is 5.32 Å². The number of hydrogen-bond donors (Lipinski definition) is 1. The molecule has 2 aromatic rings. The van der Waals surface area contributed by atoms with Gasteiger partial charge >= 0.3 is 0 Å². The van der Waals surface area contributed by atoms with Crippen LogP contribution in [0.5, 0.6) is 0 Å². The number of nitrogens with zero attached hydrogens (tertiary/aromatic N) is 1. The van der Waals surface area contributed by atoms with E-state index in [9.17, 15) is 10.1 Å². The molecule has 0 radical (unpaired) electrons. The molecule has 1 aromatic carbocycles. The van der Waals surface area contributed by atoms with Crippen LogP contribution in [0.1, 0.15) is 24.1 Å². The maximum Gasteiger partial charge on any atom is 0.274 e. The van der Waals surface area contributed by atoms with Gasteiger partial charge in [-0.15, -0.1) is 11.3 Å². The SMILES string of the molecule is Cc1c(NC(C)c2cc(Cl)sc2Cl)cccc1[N+](=O)[O-]. The molecule has 1 heterocycles. The summed E-state index contributed by atoms with van der Waals surface area (Å²) in [7, 11) is 0. The molecule has 1 atom stereocenters. The Bertz CT molecular complexity index is 658. The molecule has 0 aliphatic carbocycles. The lowest BCUT2D eigenvalue weighted by Gasteiger charge is -2.16. The lowest BCUT2D eigenvalue weighted by molar-refractivity contribution is -0.385. The molecule has 0 saturated carbocycles. The van der Waals surface area contributed by atoms with Crippen LogP contribution in [0, 0.1) is 17.0 Å². The van der Waals surface area contributed by atoms with Crippen molar-refractivity contribution in [1.82, 2.24) is 0 Å². The lowest BCUT2D eigenvalue weighted by atomic mass is 10.1. The zero-order valence-corrected chi connectivity index (χ0v) is 13.1. The fourth-order valence-electron chi connectivity index (χ4n) is 1.94. The maximum absolute atomic E-state index is 10.9. The normalized spacial score (nSPS) is 12.2. The van der Waals surface area contributed by atoms with Crippen molar-refractivity contribution < 1.29 is 4.92 Å². The molecule has 0 spiro atoms. The minimum atomic E-state index is -0.389. The molecule has 2 rings (SSSR count). The summed E-state index contributed by atoms with van der Waals surface area (Å²) in [6.07, 6.45) is 0. The molecule has 0 bridgehead atoms. The van der Waals surface area contributed by atoms with E-state index in [1.54, 1.807) is 25.1 Å². The summed E-state index contributed by atoms with van der Waals surface area (Å²) >= 11 is 13.3. The first kappa shape index (κ1) is 15.1. The number of benzene rings is 1. The second-order valence-corrected chi connectivity index (χ2v) is 6.64. The third kappa shape index (κ3) is 3.06. The molecule has 1 aromatic heterocycles. The highest BCUT2D eigenvalue weighted by Gasteiger charge is 2.17. The second-order valence-electron chi connectivity index (χ2n) is 4.35. The first-order valence-electron chi connectivity index (χ1n) is 5.85. The van der Waals surface area contributed by atoms with Crippen LogP contribution in [0.2, 0.25) is 8.67 Å². The fourth-order valence-corrected chi connectivity index (χ4v) is 3.58. The molecule has 0 saturated heterocycles. The average molecular weight is 331 g/mol. The molecule has 20 heavy (non-hydrogen) atoms. The Morgan fingerprint density at radius 1 is 1.40 bits per heavy atom. The van der Waals surface area contributed by atoms with Crippen molar-refractivity contribution in [1.29, 1.82) is 0 Å². The molecule has 106 valence electrons. The van der Waals surface area contributed by atoms with Gasteiger partial charge in [0.25, 0.3) is 5.69 Å². The van der Waals surface area contributed by atoms with Gasteiger partial charge in [0.1, 0.15) is 0 Å². The first-order chi connectivity index (χ1) is 9.40. The summed E-state index contributed by atoms with van der Waals surface area (Å²) in [5, 5.41) is 14.2. The highest BCUT2D eigenvalue weighted by atomic mass is 35.5. The number of hydrogen-bond acceptors (Lipinski definition) is 4. The van der Waals surface area contributed by atoms with Crippen LogP contribution in [-0.4, -0.2) is 4.92 Å². The fraction of sp³-hybridized carbons (Fsp3) is 0.231. The van der Waals surface area contributed by atoms with Gasteiger partial charge in [0.2, 0.25) is 0 Å². The Hall–Kier alpha value is -1.30. The molecule has 0 amide bonds. The number of halogens is 2. The molecule has 7 heteroatoms. The van der Waals surface area contributed by atoms with E-state index in [4.69, 9.17) is 23.2 Å². The minimum Gasteiger partial charge on any atom is -0.378 e. The molecule has 1 N–H and O–H groups in total. The number of anilines is 1. The molecular weight excluding hydrogens is 319 g/mol. The number of thiophene rings is 1. The average Bonchev–Trinajstić information content (AvgIpc) is 2.70. The second kappa shape index (κ2) is 5.99. The van der Waals surface area contributed by atoms with Crippen LogP contribution in [0.25, 0.3) is 0 Å². The molecule has 1 unspecified atom stereocenters. The summed E-state index contributed by atoms with van der Waals surface area (Å²) in [4.78, 5) is 10.5. The Balaban J connectivity index is 2.28. The Morgan fingerprint density at radius 2 is 2.10 bits per heavy atom. The number of nitro groups is 1.